The minimum atomic E-state index is -0.0808. The molecule has 108 valence electrons. The molecule has 1 aliphatic rings. The smallest absolute Gasteiger partial charge is 0.260 e. The summed E-state index contributed by atoms with van der Waals surface area (Å²) in [5.41, 5.74) is 6.18. The fourth-order valence-corrected chi connectivity index (χ4v) is 2.18. The van der Waals surface area contributed by atoms with Crippen molar-refractivity contribution in [2.45, 2.75) is 0 Å². The third-order valence-corrected chi connectivity index (χ3v) is 3.46. The van der Waals surface area contributed by atoms with E-state index in [0.29, 0.717) is 42.6 Å². The van der Waals surface area contributed by atoms with Gasteiger partial charge in [-0.25, -0.2) is 0 Å². The Balaban J connectivity index is 1.93. The van der Waals surface area contributed by atoms with E-state index in [1.807, 2.05) is 0 Å². The van der Waals surface area contributed by atoms with Gasteiger partial charge in [0.15, 0.2) is 6.61 Å². The molecule has 0 unspecified atom stereocenters. The minimum absolute atomic E-state index is 0.0495. The summed E-state index contributed by atoms with van der Waals surface area (Å²) in [5.74, 6) is 0.357. The molecule has 1 saturated heterocycles. The monoisotopic (exact) mass is 314 g/mol. The zero-order valence-electron chi connectivity index (χ0n) is 10.8. The van der Waals surface area contributed by atoms with Crippen molar-refractivity contribution in [1.29, 1.82) is 0 Å². The molecule has 0 atom stereocenters. The van der Waals surface area contributed by atoms with Crippen molar-refractivity contribution in [2.24, 2.45) is 5.73 Å². The molecule has 1 aromatic carbocycles. The molecule has 20 heavy (non-hydrogen) atoms. The molecular weight excluding hydrogens is 300 g/mol. The topological polar surface area (TPSA) is 64.8 Å². The molecule has 7 heteroatoms. The molecular formula is C13H15ClN2O3S. The Bertz CT molecular complexity index is 518. The second-order valence-corrected chi connectivity index (χ2v) is 5.14. The third-order valence-electron chi connectivity index (χ3n) is 2.93. The summed E-state index contributed by atoms with van der Waals surface area (Å²) in [7, 11) is 0. The molecule has 0 radical (unpaired) electrons. The van der Waals surface area contributed by atoms with Crippen LogP contribution in [0.1, 0.15) is 5.56 Å². The lowest BCUT2D eigenvalue weighted by molar-refractivity contribution is -0.137. The van der Waals surface area contributed by atoms with Crippen LogP contribution in [0, 0.1) is 0 Å². The van der Waals surface area contributed by atoms with E-state index in [1.54, 1.807) is 23.1 Å². The van der Waals surface area contributed by atoms with Crippen molar-refractivity contribution in [2.75, 3.05) is 32.9 Å². The van der Waals surface area contributed by atoms with Crippen molar-refractivity contribution in [3.8, 4) is 5.75 Å². The van der Waals surface area contributed by atoms with Gasteiger partial charge in [0.05, 0.1) is 18.2 Å². The normalized spacial score (nSPS) is 14.9. The molecule has 1 aliphatic heterocycles. The van der Waals surface area contributed by atoms with Crippen molar-refractivity contribution in [3.63, 3.8) is 0 Å². The summed E-state index contributed by atoms with van der Waals surface area (Å²) in [6.07, 6.45) is 0. The van der Waals surface area contributed by atoms with E-state index in [-0.39, 0.29) is 17.5 Å². The van der Waals surface area contributed by atoms with E-state index < -0.39 is 0 Å². The number of nitrogens with zero attached hydrogens (tertiary/aromatic N) is 1. The van der Waals surface area contributed by atoms with E-state index in [0.717, 1.165) is 0 Å². The van der Waals surface area contributed by atoms with Crippen LogP contribution in [0.25, 0.3) is 0 Å². The van der Waals surface area contributed by atoms with E-state index >= 15 is 0 Å². The predicted molar refractivity (Wildman–Crippen MR) is 80.2 cm³/mol. The summed E-state index contributed by atoms with van der Waals surface area (Å²) < 4.78 is 10.6. The minimum Gasteiger partial charge on any atom is -0.482 e. The van der Waals surface area contributed by atoms with Gasteiger partial charge in [0, 0.05) is 18.7 Å². The fraction of sp³-hybridized carbons (Fsp3) is 0.385. The molecule has 2 N–H and O–H groups in total. The van der Waals surface area contributed by atoms with Crippen LogP contribution in [0.3, 0.4) is 0 Å². The Kier molecular flexibility index (Phi) is 5.17. The summed E-state index contributed by atoms with van der Waals surface area (Å²) in [4.78, 5) is 13.9. The van der Waals surface area contributed by atoms with Gasteiger partial charge in [-0.15, -0.1) is 0 Å². The average molecular weight is 315 g/mol. The van der Waals surface area contributed by atoms with Gasteiger partial charge in [0.2, 0.25) is 0 Å². The maximum atomic E-state index is 11.9. The van der Waals surface area contributed by atoms with E-state index in [4.69, 9.17) is 39.0 Å². The lowest BCUT2D eigenvalue weighted by Crippen LogP contribution is -2.43. The maximum absolute atomic E-state index is 11.9. The number of benzene rings is 1. The van der Waals surface area contributed by atoms with Crippen LogP contribution in [0.15, 0.2) is 18.2 Å². The number of thiocarbonyl (C=S) groups is 1. The Morgan fingerprint density at radius 1 is 1.45 bits per heavy atom. The summed E-state index contributed by atoms with van der Waals surface area (Å²) in [6, 6.07) is 4.99. The van der Waals surface area contributed by atoms with Gasteiger partial charge in [-0.3, -0.25) is 4.79 Å². The zero-order valence-corrected chi connectivity index (χ0v) is 12.4. The van der Waals surface area contributed by atoms with Crippen LogP contribution in [0.2, 0.25) is 5.02 Å². The van der Waals surface area contributed by atoms with Gasteiger partial charge in [-0.1, -0.05) is 23.8 Å². The number of ether oxygens (including phenoxy) is 2. The van der Waals surface area contributed by atoms with E-state index in [1.165, 1.54) is 0 Å². The first kappa shape index (κ1) is 15.0. The highest BCUT2D eigenvalue weighted by Gasteiger charge is 2.17. The lowest BCUT2D eigenvalue weighted by atomic mass is 10.2. The summed E-state index contributed by atoms with van der Waals surface area (Å²) >= 11 is 10.9. The average Bonchev–Trinajstić information content (AvgIpc) is 2.46. The van der Waals surface area contributed by atoms with E-state index in [2.05, 4.69) is 0 Å². The van der Waals surface area contributed by atoms with Crippen LogP contribution in [0.5, 0.6) is 5.75 Å². The van der Waals surface area contributed by atoms with Crippen molar-refractivity contribution >= 4 is 34.7 Å². The van der Waals surface area contributed by atoms with Crippen molar-refractivity contribution < 1.29 is 14.3 Å². The third kappa shape index (κ3) is 3.82. The first-order valence-electron chi connectivity index (χ1n) is 6.15. The molecule has 0 spiro atoms. The molecule has 0 aliphatic carbocycles. The number of amides is 1. The number of rotatable bonds is 4. The Morgan fingerprint density at radius 3 is 2.75 bits per heavy atom. The number of hydrogen-bond acceptors (Lipinski definition) is 4. The lowest BCUT2D eigenvalue weighted by Gasteiger charge is -2.26. The van der Waals surface area contributed by atoms with E-state index in [9.17, 15) is 4.79 Å². The number of nitrogens with two attached hydrogens (primary N) is 1. The molecule has 0 saturated carbocycles. The highest BCUT2D eigenvalue weighted by molar-refractivity contribution is 7.80. The summed E-state index contributed by atoms with van der Waals surface area (Å²) in [6.45, 7) is 2.27. The number of morpholine rings is 1. The van der Waals surface area contributed by atoms with Gasteiger partial charge in [0.25, 0.3) is 5.91 Å². The molecule has 0 bridgehead atoms. The standard InChI is InChI=1S/C13H15ClN2O3S/c14-10-7-9(13(15)20)1-2-11(10)19-8-12(17)16-3-5-18-6-4-16/h1-2,7H,3-6,8H2,(H2,15,20). The number of hydrogen-bond donors (Lipinski definition) is 1. The van der Waals surface area contributed by atoms with Crippen molar-refractivity contribution in [3.05, 3.63) is 28.8 Å². The van der Waals surface area contributed by atoms with Gasteiger partial charge < -0.3 is 20.1 Å². The van der Waals surface area contributed by atoms with Crippen LogP contribution < -0.4 is 10.5 Å². The van der Waals surface area contributed by atoms with Crippen molar-refractivity contribution in [1.82, 2.24) is 4.90 Å². The largest absolute Gasteiger partial charge is 0.482 e. The van der Waals surface area contributed by atoms with Gasteiger partial charge in [0.1, 0.15) is 10.7 Å². The second kappa shape index (κ2) is 6.88. The number of carbonyl (C=O) groups excluding carboxylic acids is 1. The maximum Gasteiger partial charge on any atom is 0.260 e. The van der Waals surface area contributed by atoms with Crippen LogP contribution in [0.4, 0.5) is 0 Å². The Morgan fingerprint density at radius 2 is 2.15 bits per heavy atom. The first-order chi connectivity index (χ1) is 9.58. The highest BCUT2D eigenvalue weighted by Crippen LogP contribution is 2.25. The molecule has 0 aromatic heterocycles. The predicted octanol–water partition coefficient (Wildman–Crippen LogP) is 1.21. The van der Waals surface area contributed by atoms with Gasteiger partial charge in [-0.2, -0.15) is 0 Å². The SMILES string of the molecule is NC(=S)c1ccc(OCC(=O)N2CCOCC2)c(Cl)c1. The second-order valence-electron chi connectivity index (χ2n) is 4.29. The molecule has 1 amide bonds. The fourth-order valence-electron chi connectivity index (χ4n) is 1.81. The highest BCUT2D eigenvalue weighted by atomic mass is 35.5. The van der Waals surface area contributed by atoms with Crippen LogP contribution in [-0.2, 0) is 9.53 Å². The quantitative estimate of drug-likeness (QED) is 0.846. The van der Waals surface area contributed by atoms with Gasteiger partial charge in [-0.05, 0) is 18.2 Å². The van der Waals surface area contributed by atoms with Crippen LogP contribution in [-0.4, -0.2) is 48.7 Å². The molecule has 2 rings (SSSR count). The zero-order chi connectivity index (χ0) is 14.5. The number of carbonyl (C=O) groups is 1. The first-order valence-corrected chi connectivity index (χ1v) is 6.94. The number of halogens is 1. The molecule has 1 fully saturated rings. The molecule has 5 nitrogen and oxygen atoms in total. The summed E-state index contributed by atoms with van der Waals surface area (Å²) in [5, 5.41) is 0.380. The van der Waals surface area contributed by atoms with Gasteiger partial charge >= 0.3 is 0 Å². The Labute approximate surface area is 127 Å². The molecule has 1 aromatic rings. The van der Waals surface area contributed by atoms with Crippen LogP contribution >= 0.6 is 23.8 Å². The molecule has 1 heterocycles. The Hall–Kier alpha value is -1.37.